The van der Waals surface area contributed by atoms with Crippen molar-refractivity contribution in [2.45, 2.75) is 25.3 Å². The van der Waals surface area contributed by atoms with E-state index in [-0.39, 0.29) is 12.6 Å². The molecule has 1 saturated carbocycles. The Morgan fingerprint density at radius 2 is 2.40 bits per heavy atom. The molecule has 5 nitrogen and oxygen atoms in total. The number of nitrogens with two attached hydrogens (primary N) is 1. The van der Waals surface area contributed by atoms with Gasteiger partial charge in [0, 0.05) is 24.8 Å². The number of rotatable bonds is 3. The molecular weight excluding hydrogens is 192 g/mol. The molecule has 15 heavy (non-hydrogen) atoms. The summed E-state index contributed by atoms with van der Waals surface area (Å²) in [6, 6.07) is 2.10. The second-order valence-electron chi connectivity index (χ2n) is 3.92. The molecule has 0 spiro atoms. The van der Waals surface area contributed by atoms with Crippen LogP contribution >= 0.6 is 0 Å². The third-order valence-corrected chi connectivity index (χ3v) is 2.90. The van der Waals surface area contributed by atoms with E-state index in [1.165, 1.54) is 0 Å². The zero-order valence-electron chi connectivity index (χ0n) is 8.56. The molecule has 82 valence electrons. The fourth-order valence-corrected chi connectivity index (χ4v) is 2.09. The predicted molar refractivity (Wildman–Crippen MR) is 58.3 cm³/mol. The number of hydrogen-bond acceptors (Lipinski definition) is 5. The Bertz CT molecular complexity index is 331. The minimum atomic E-state index is 0.234. The van der Waals surface area contributed by atoms with Gasteiger partial charge in [-0.25, -0.2) is 4.98 Å². The monoisotopic (exact) mass is 208 g/mol. The second-order valence-corrected chi connectivity index (χ2v) is 3.92. The molecule has 0 saturated heterocycles. The van der Waals surface area contributed by atoms with Crippen molar-refractivity contribution in [1.29, 1.82) is 0 Å². The van der Waals surface area contributed by atoms with E-state index in [1.54, 1.807) is 12.3 Å². The number of anilines is 2. The lowest BCUT2D eigenvalue weighted by Crippen LogP contribution is -2.26. The minimum Gasteiger partial charge on any atom is -0.396 e. The first-order valence-corrected chi connectivity index (χ1v) is 5.25. The van der Waals surface area contributed by atoms with Crippen LogP contribution in [-0.4, -0.2) is 27.7 Å². The average Bonchev–Trinajstić information content (AvgIpc) is 2.65. The topological polar surface area (TPSA) is 84.1 Å². The highest BCUT2D eigenvalue weighted by Crippen LogP contribution is 2.27. The summed E-state index contributed by atoms with van der Waals surface area (Å²) < 4.78 is 0. The number of nitrogen functional groups attached to an aromatic ring is 1. The first-order chi connectivity index (χ1) is 7.29. The van der Waals surface area contributed by atoms with Crippen LogP contribution in [0.15, 0.2) is 12.3 Å². The van der Waals surface area contributed by atoms with E-state index in [9.17, 15) is 5.11 Å². The fraction of sp³-hybridized carbons (Fsp3) is 0.600. The lowest BCUT2D eigenvalue weighted by Gasteiger charge is -2.19. The van der Waals surface area contributed by atoms with E-state index < -0.39 is 0 Å². The fourth-order valence-electron chi connectivity index (χ4n) is 2.09. The number of aliphatic hydroxyl groups excluding tert-OH is 1. The lowest BCUT2D eigenvalue weighted by atomic mass is 10.1. The first-order valence-electron chi connectivity index (χ1n) is 5.25. The number of aromatic nitrogens is 2. The summed E-state index contributed by atoms with van der Waals surface area (Å²) in [6.07, 6.45) is 4.95. The van der Waals surface area contributed by atoms with Crippen LogP contribution in [-0.2, 0) is 0 Å². The summed E-state index contributed by atoms with van der Waals surface area (Å²) in [4.78, 5) is 7.91. The van der Waals surface area contributed by atoms with Crippen LogP contribution in [0.4, 0.5) is 11.8 Å². The summed E-state index contributed by atoms with van der Waals surface area (Å²) in [5.41, 5.74) is 5.49. The molecule has 2 unspecified atom stereocenters. The Balaban J connectivity index is 2.02. The van der Waals surface area contributed by atoms with Crippen LogP contribution in [0.5, 0.6) is 0 Å². The molecule has 0 aromatic carbocycles. The summed E-state index contributed by atoms with van der Waals surface area (Å²) in [6.45, 7) is 0.234. The second kappa shape index (κ2) is 4.44. The summed E-state index contributed by atoms with van der Waals surface area (Å²) in [5, 5.41) is 12.5. The Labute approximate surface area is 88.7 Å². The SMILES string of the molecule is Nc1nccc(NC2CCCC2CO)n1. The van der Waals surface area contributed by atoms with Crippen molar-refractivity contribution in [3.05, 3.63) is 12.3 Å². The molecule has 0 amide bonds. The van der Waals surface area contributed by atoms with Gasteiger partial charge in [-0.15, -0.1) is 0 Å². The quantitative estimate of drug-likeness (QED) is 0.678. The first kappa shape index (κ1) is 10.2. The van der Waals surface area contributed by atoms with Crippen molar-refractivity contribution in [2.24, 2.45) is 5.92 Å². The van der Waals surface area contributed by atoms with Crippen molar-refractivity contribution < 1.29 is 5.11 Å². The number of nitrogens with zero attached hydrogens (tertiary/aromatic N) is 2. The smallest absolute Gasteiger partial charge is 0.221 e. The lowest BCUT2D eigenvalue weighted by molar-refractivity contribution is 0.222. The standard InChI is InChI=1S/C10H16N4O/c11-10-12-5-4-9(14-10)13-8-3-1-2-7(8)6-15/h4-5,7-8,15H,1-3,6H2,(H3,11,12,13,14). The normalized spacial score (nSPS) is 25.4. The average molecular weight is 208 g/mol. The number of hydrogen-bond donors (Lipinski definition) is 3. The van der Waals surface area contributed by atoms with E-state index in [0.29, 0.717) is 12.0 Å². The highest BCUT2D eigenvalue weighted by molar-refractivity contribution is 5.38. The van der Waals surface area contributed by atoms with Crippen molar-refractivity contribution in [3.63, 3.8) is 0 Å². The van der Waals surface area contributed by atoms with E-state index in [2.05, 4.69) is 15.3 Å². The molecule has 2 rings (SSSR count). The molecule has 0 bridgehead atoms. The summed E-state index contributed by atoms with van der Waals surface area (Å²) in [7, 11) is 0. The van der Waals surface area contributed by atoms with Crippen LogP contribution in [0, 0.1) is 5.92 Å². The third-order valence-electron chi connectivity index (χ3n) is 2.90. The van der Waals surface area contributed by atoms with Crippen molar-refractivity contribution in [2.75, 3.05) is 17.7 Å². The highest BCUT2D eigenvalue weighted by Gasteiger charge is 2.26. The molecule has 5 heteroatoms. The van der Waals surface area contributed by atoms with Crippen molar-refractivity contribution in [3.8, 4) is 0 Å². The van der Waals surface area contributed by atoms with Gasteiger partial charge in [0.05, 0.1) is 0 Å². The number of nitrogens with one attached hydrogen (secondary N) is 1. The third kappa shape index (κ3) is 2.36. The Morgan fingerprint density at radius 3 is 3.13 bits per heavy atom. The number of aliphatic hydroxyl groups is 1. The van der Waals surface area contributed by atoms with Gasteiger partial charge in [0.1, 0.15) is 5.82 Å². The van der Waals surface area contributed by atoms with Gasteiger partial charge in [0.2, 0.25) is 5.95 Å². The predicted octanol–water partition coefficient (Wildman–Crippen LogP) is 0.632. The molecule has 1 aromatic rings. The Morgan fingerprint density at radius 1 is 1.53 bits per heavy atom. The zero-order chi connectivity index (χ0) is 10.7. The molecule has 1 fully saturated rings. The molecule has 1 aliphatic rings. The Kier molecular flexibility index (Phi) is 3.01. The van der Waals surface area contributed by atoms with Gasteiger partial charge in [-0.3, -0.25) is 0 Å². The summed E-state index contributed by atoms with van der Waals surface area (Å²) in [5.74, 6) is 1.35. The largest absolute Gasteiger partial charge is 0.396 e. The molecule has 1 aromatic heterocycles. The van der Waals surface area contributed by atoms with E-state index in [1.807, 2.05) is 0 Å². The van der Waals surface area contributed by atoms with Crippen LogP contribution in [0.1, 0.15) is 19.3 Å². The Hall–Kier alpha value is -1.36. The van der Waals surface area contributed by atoms with Gasteiger partial charge >= 0.3 is 0 Å². The van der Waals surface area contributed by atoms with Gasteiger partial charge in [-0.1, -0.05) is 6.42 Å². The molecule has 4 N–H and O–H groups in total. The summed E-state index contributed by atoms with van der Waals surface area (Å²) >= 11 is 0. The van der Waals surface area contributed by atoms with Crippen LogP contribution in [0.2, 0.25) is 0 Å². The van der Waals surface area contributed by atoms with Crippen LogP contribution in [0.3, 0.4) is 0 Å². The maximum atomic E-state index is 9.17. The van der Waals surface area contributed by atoms with Gasteiger partial charge in [-0.2, -0.15) is 4.98 Å². The van der Waals surface area contributed by atoms with E-state index in [4.69, 9.17) is 5.73 Å². The minimum absolute atomic E-state index is 0.234. The molecular formula is C10H16N4O. The molecule has 0 radical (unpaired) electrons. The van der Waals surface area contributed by atoms with Gasteiger partial charge in [0.25, 0.3) is 0 Å². The molecule has 2 atom stereocenters. The van der Waals surface area contributed by atoms with Crippen LogP contribution < -0.4 is 11.1 Å². The van der Waals surface area contributed by atoms with Crippen molar-refractivity contribution in [1.82, 2.24) is 9.97 Å². The van der Waals surface area contributed by atoms with Crippen LogP contribution in [0.25, 0.3) is 0 Å². The van der Waals surface area contributed by atoms with Crippen molar-refractivity contribution >= 4 is 11.8 Å². The maximum Gasteiger partial charge on any atom is 0.221 e. The van der Waals surface area contributed by atoms with Gasteiger partial charge in [-0.05, 0) is 18.9 Å². The zero-order valence-corrected chi connectivity index (χ0v) is 8.56. The molecule has 0 aliphatic heterocycles. The molecule has 1 aliphatic carbocycles. The molecule has 1 heterocycles. The van der Waals surface area contributed by atoms with Gasteiger partial charge < -0.3 is 16.2 Å². The van der Waals surface area contributed by atoms with Gasteiger partial charge in [0.15, 0.2) is 0 Å². The maximum absolute atomic E-state index is 9.17. The van der Waals surface area contributed by atoms with E-state index in [0.717, 1.165) is 25.1 Å². The van der Waals surface area contributed by atoms with E-state index >= 15 is 0 Å². The highest BCUT2D eigenvalue weighted by atomic mass is 16.3.